The predicted molar refractivity (Wildman–Crippen MR) is 114 cm³/mol. The van der Waals surface area contributed by atoms with Gasteiger partial charge in [0.05, 0.1) is 29.8 Å². The summed E-state index contributed by atoms with van der Waals surface area (Å²) < 4.78 is 44.5. The number of anilines is 2. The van der Waals surface area contributed by atoms with Crippen molar-refractivity contribution in [3.05, 3.63) is 52.2 Å². The van der Waals surface area contributed by atoms with Crippen LogP contribution in [0.25, 0.3) is 0 Å². The number of ether oxygens (including phenoxy) is 1. The van der Waals surface area contributed by atoms with Crippen LogP contribution in [0.15, 0.2) is 35.5 Å². The van der Waals surface area contributed by atoms with Crippen LogP contribution in [0.1, 0.15) is 18.1 Å². The van der Waals surface area contributed by atoms with E-state index in [9.17, 15) is 22.8 Å². The molecule has 3 rings (SSSR count). The van der Waals surface area contributed by atoms with E-state index < -0.39 is 35.1 Å². The number of carbonyl (C=O) groups excluding carboxylic acids is 1. The fraction of sp³-hybridized carbons (Fsp3) is 0.400. The molecule has 180 valence electrons. The van der Waals surface area contributed by atoms with E-state index in [0.717, 1.165) is 6.20 Å². The Morgan fingerprint density at radius 2 is 1.97 bits per heavy atom. The maximum Gasteiger partial charge on any atom is 0.423 e. The molecule has 3 heterocycles. The van der Waals surface area contributed by atoms with Gasteiger partial charge in [0.1, 0.15) is 18.2 Å². The number of aromatic nitrogens is 4. The number of alkyl halides is 3. The first-order valence-electron chi connectivity index (χ1n) is 10.2. The Balaban J connectivity index is 1.45. The maximum absolute atomic E-state index is 13.1. The lowest BCUT2D eigenvalue weighted by Gasteiger charge is -2.33. The van der Waals surface area contributed by atoms with Crippen LogP contribution in [0, 0.1) is 11.3 Å². The molecule has 1 fully saturated rings. The van der Waals surface area contributed by atoms with E-state index in [1.54, 1.807) is 12.0 Å². The standard InChI is InChI=1S/C20H21F3N8O3/c1-13(28-15-12-27-29-17(32)16(15)20(21,22)23)3-2-8-34-19(33)31-6-4-30(5-7-31)18-25-10-14(9-24)11-26-18/h2-3,10-13H,4-8H2,1H3,(H2,28,29,32)/b3-2+/t13-/m1/s1. The summed E-state index contributed by atoms with van der Waals surface area (Å²) in [7, 11) is 0. The number of hydrogen-bond acceptors (Lipinski definition) is 9. The first-order valence-corrected chi connectivity index (χ1v) is 10.2. The number of amides is 1. The molecule has 0 spiro atoms. The van der Waals surface area contributed by atoms with Crippen molar-refractivity contribution in [2.24, 2.45) is 0 Å². The van der Waals surface area contributed by atoms with Gasteiger partial charge in [0, 0.05) is 32.2 Å². The molecule has 1 amide bonds. The number of nitriles is 1. The van der Waals surface area contributed by atoms with E-state index in [1.807, 2.05) is 11.0 Å². The fourth-order valence-electron chi connectivity index (χ4n) is 3.18. The van der Waals surface area contributed by atoms with Crippen LogP contribution < -0.4 is 15.8 Å². The number of nitrogens with one attached hydrogen (secondary N) is 2. The normalized spacial score (nSPS) is 15.1. The van der Waals surface area contributed by atoms with E-state index >= 15 is 0 Å². The zero-order chi connectivity index (χ0) is 24.7. The van der Waals surface area contributed by atoms with Crippen LogP contribution >= 0.6 is 0 Å². The number of rotatable bonds is 6. The molecule has 34 heavy (non-hydrogen) atoms. The zero-order valence-electron chi connectivity index (χ0n) is 18.0. The minimum absolute atomic E-state index is 0.0798. The largest absolute Gasteiger partial charge is 0.445 e. The van der Waals surface area contributed by atoms with Gasteiger partial charge in [-0.05, 0) is 13.0 Å². The van der Waals surface area contributed by atoms with E-state index in [-0.39, 0.29) is 6.61 Å². The van der Waals surface area contributed by atoms with Crippen molar-refractivity contribution in [2.45, 2.75) is 19.1 Å². The molecule has 1 atom stereocenters. The van der Waals surface area contributed by atoms with Crippen molar-refractivity contribution in [3.63, 3.8) is 0 Å². The molecule has 2 aromatic rings. The maximum atomic E-state index is 13.1. The van der Waals surface area contributed by atoms with Gasteiger partial charge >= 0.3 is 12.3 Å². The molecule has 0 bridgehead atoms. The third kappa shape index (κ3) is 6.21. The summed E-state index contributed by atoms with van der Waals surface area (Å²) in [6.07, 6.45) is 1.39. The van der Waals surface area contributed by atoms with Crippen LogP contribution in [0.3, 0.4) is 0 Å². The highest BCUT2D eigenvalue weighted by molar-refractivity contribution is 5.68. The summed E-state index contributed by atoms with van der Waals surface area (Å²) in [6, 6.07) is 1.35. The number of H-pyrrole nitrogens is 1. The molecular formula is C20H21F3N8O3. The van der Waals surface area contributed by atoms with Gasteiger partial charge in [-0.25, -0.2) is 19.9 Å². The minimum atomic E-state index is -4.84. The first-order chi connectivity index (χ1) is 16.2. The fourth-order valence-corrected chi connectivity index (χ4v) is 3.18. The van der Waals surface area contributed by atoms with Gasteiger partial charge in [0.15, 0.2) is 0 Å². The van der Waals surface area contributed by atoms with Crippen molar-refractivity contribution in [2.75, 3.05) is 43.0 Å². The lowest BCUT2D eigenvalue weighted by molar-refractivity contribution is -0.138. The molecule has 0 radical (unpaired) electrons. The molecular weight excluding hydrogens is 457 g/mol. The summed E-state index contributed by atoms with van der Waals surface area (Å²) in [5, 5.41) is 16.5. The molecule has 0 unspecified atom stereocenters. The summed E-state index contributed by atoms with van der Waals surface area (Å²) in [4.78, 5) is 35.4. The van der Waals surface area contributed by atoms with Crippen LogP contribution in [-0.4, -0.2) is 70.0 Å². The summed E-state index contributed by atoms with van der Waals surface area (Å²) >= 11 is 0. The third-order valence-electron chi connectivity index (χ3n) is 4.84. The molecule has 1 aliphatic heterocycles. The highest BCUT2D eigenvalue weighted by atomic mass is 19.4. The third-order valence-corrected chi connectivity index (χ3v) is 4.84. The van der Waals surface area contributed by atoms with Crippen molar-refractivity contribution in [3.8, 4) is 6.07 Å². The lowest BCUT2D eigenvalue weighted by atomic mass is 10.2. The highest BCUT2D eigenvalue weighted by Gasteiger charge is 2.37. The second-order valence-corrected chi connectivity index (χ2v) is 7.28. The molecule has 0 saturated carbocycles. The van der Waals surface area contributed by atoms with Crippen LogP contribution in [0.4, 0.5) is 29.6 Å². The quantitative estimate of drug-likeness (QED) is 0.594. The zero-order valence-corrected chi connectivity index (χ0v) is 18.0. The summed E-state index contributed by atoms with van der Waals surface area (Å²) in [5.41, 5.74) is -2.79. The molecule has 0 aliphatic carbocycles. The van der Waals surface area contributed by atoms with E-state index in [4.69, 9.17) is 10.00 Å². The van der Waals surface area contributed by atoms with Crippen LogP contribution in [-0.2, 0) is 10.9 Å². The number of hydrogen-bond donors (Lipinski definition) is 2. The van der Waals surface area contributed by atoms with Gasteiger partial charge in [-0.2, -0.15) is 23.5 Å². The van der Waals surface area contributed by atoms with Gasteiger partial charge in [-0.15, -0.1) is 0 Å². The second-order valence-electron chi connectivity index (χ2n) is 7.28. The molecule has 11 nitrogen and oxygen atoms in total. The lowest BCUT2D eigenvalue weighted by Crippen LogP contribution is -2.49. The van der Waals surface area contributed by atoms with Crippen LogP contribution in [0.2, 0.25) is 0 Å². The Kier molecular flexibility index (Phi) is 7.67. The predicted octanol–water partition coefficient (Wildman–Crippen LogP) is 1.77. The molecule has 1 saturated heterocycles. The highest BCUT2D eigenvalue weighted by Crippen LogP contribution is 2.31. The molecule has 14 heteroatoms. The SMILES string of the molecule is C[C@H](/C=C/COC(=O)N1CCN(c2ncc(C#N)cn2)CC1)Nc1cn[nH]c(=O)c1C(F)(F)F. The van der Waals surface area contributed by atoms with Crippen molar-refractivity contribution < 1.29 is 22.7 Å². The average molecular weight is 478 g/mol. The minimum Gasteiger partial charge on any atom is -0.445 e. The molecule has 0 aromatic carbocycles. The van der Waals surface area contributed by atoms with E-state index in [2.05, 4.69) is 20.4 Å². The Labute approximate surface area is 191 Å². The molecule has 2 aromatic heterocycles. The number of carbonyl (C=O) groups is 1. The van der Waals surface area contributed by atoms with Crippen molar-refractivity contribution >= 4 is 17.7 Å². The molecule has 2 N–H and O–H groups in total. The Hall–Kier alpha value is -4.15. The summed E-state index contributed by atoms with van der Waals surface area (Å²) in [6.45, 7) is 3.25. The Morgan fingerprint density at radius 3 is 2.59 bits per heavy atom. The number of halogens is 3. The number of piperazine rings is 1. The van der Waals surface area contributed by atoms with Gasteiger partial charge < -0.3 is 19.9 Å². The summed E-state index contributed by atoms with van der Waals surface area (Å²) in [5.74, 6) is 0.473. The topological polar surface area (TPSA) is 140 Å². The number of nitrogens with zero attached hydrogens (tertiary/aromatic N) is 6. The van der Waals surface area contributed by atoms with Gasteiger partial charge in [-0.1, -0.05) is 6.08 Å². The van der Waals surface area contributed by atoms with E-state index in [0.29, 0.717) is 37.7 Å². The Morgan fingerprint density at radius 1 is 1.29 bits per heavy atom. The van der Waals surface area contributed by atoms with Crippen molar-refractivity contribution in [1.29, 1.82) is 5.26 Å². The van der Waals surface area contributed by atoms with Gasteiger partial charge in [0.2, 0.25) is 5.95 Å². The average Bonchev–Trinajstić information content (AvgIpc) is 2.81. The molecule has 1 aliphatic rings. The van der Waals surface area contributed by atoms with Crippen molar-refractivity contribution in [1.82, 2.24) is 25.1 Å². The smallest absolute Gasteiger partial charge is 0.423 e. The van der Waals surface area contributed by atoms with Gasteiger partial charge in [0.25, 0.3) is 5.56 Å². The second kappa shape index (κ2) is 10.6. The Bertz CT molecular complexity index is 1120. The first kappa shape index (κ1) is 24.5. The monoisotopic (exact) mass is 478 g/mol. The van der Waals surface area contributed by atoms with Gasteiger partial charge in [-0.3, -0.25) is 4.79 Å². The van der Waals surface area contributed by atoms with Crippen LogP contribution in [0.5, 0.6) is 0 Å². The van der Waals surface area contributed by atoms with E-state index in [1.165, 1.54) is 29.4 Å². The number of aromatic amines is 1.